The predicted octanol–water partition coefficient (Wildman–Crippen LogP) is 2.42. The standard InChI is InChI=1S/C16H24N2O/c1-12-3-4-15(13(2)11-12)16(19)18-10-7-14-5-8-17-9-6-14/h3-4,11,14,17H,5-10H2,1-2H3,(H,18,19). The lowest BCUT2D eigenvalue weighted by molar-refractivity contribution is 0.0950. The Kier molecular flexibility index (Phi) is 4.97. The highest BCUT2D eigenvalue weighted by Crippen LogP contribution is 2.15. The fraction of sp³-hybridized carbons (Fsp3) is 0.562. The van der Waals surface area contributed by atoms with Crippen LogP contribution in [0.2, 0.25) is 0 Å². The minimum Gasteiger partial charge on any atom is -0.352 e. The second-order valence-electron chi connectivity index (χ2n) is 5.56. The zero-order valence-corrected chi connectivity index (χ0v) is 12.0. The van der Waals surface area contributed by atoms with Crippen molar-refractivity contribution < 1.29 is 4.79 Å². The highest BCUT2D eigenvalue weighted by atomic mass is 16.1. The first-order chi connectivity index (χ1) is 9.16. The number of carbonyl (C=O) groups excluding carboxylic acids is 1. The molecule has 0 radical (unpaired) electrons. The molecule has 104 valence electrons. The summed E-state index contributed by atoms with van der Waals surface area (Å²) in [4.78, 5) is 12.1. The molecule has 0 saturated carbocycles. The minimum atomic E-state index is 0.0615. The Morgan fingerprint density at radius 2 is 2.05 bits per heavy atom. The van der Waals surface area contributed by atoms with Crippen LogP contribution in [0.3, 0.4) is 0 Å². The highest BCUT2D eigenvalue weighted by molar-refractivity contribution is 5.95. The van der Waals surface area contributed by atoms with Crippen molar-refractivity contribution in [2.75, 3.05) is 19.6 Å². The molecule has 1 aromatic rings. The van der Waals surface area contributed by atoms with Gasteiger partial charge in [0.05, 0.1) is 0 Å². The topological polar surface area (TPSA) is 41.1 Å². The molecule has 0 unspecified atom stereocenters. The number of nitrogens with one attached hydrogen (secondary N) is 2. The number of benzene rings is 1. The van der Waals surface area contributed by atoms with E-state index in [-0.39, 0.29) is 5.91 Å². The highest BCUT2D eigenvalue weighted by Gasteiger charge is 2.13. The normalized spacial score (nSPS) is 16.3. The first kappa shape index (κ1) is 14.1. The van der Waals surface area contributed by atoms with E-state index in [1.165, 1.54) is 18.4 Å². The van der Waals surface area contributed by atoms with E-state index in [2.05, 4.69) is 16.7 Å². The third-order valence-electron chi connectivity index (χ3n) is 3.92. The van der Waals surface area contributed by atoms with Crippen molar-refractivity contribution in [3.05, 3.63) is 34.9 Å². The number of aryl methyl sites for hydroxylation is 2. The summed E-state index contributed by atoms with van der Waals surface area (Å²) in [5.74, 6) is 0.826. The van der Waals surface area contributed by atoms with Gasteiger partial charge in [0.25, 0.3) is 5.91 Å². The smallest absolute Gasteiger partial charge is 0.251 e. The van der Waals surface area contributed by atoms with Crippen LogP contribution < -0.4 is 10.6 Å². The third kappa shape index (κ3) is 4.06. The summed E-state index contributed by atoms with van der Waals surface area (Å²) in [7, 11) is 0. The second kappa shape index (κ2) is 6.71. The lowest BCUT2D eigenvalue weighted by Gasteiger charge is -2.22. The van der Waals surface area contributed by atoms with E-state index in [1.54, 1.807) is 0 Å². The van der Waals surface area contributed by atoms with Gasteiger partial charge < -0.3 is 10.6 Å². The summed E-state index contributed by atoms with van der Waals surface area (Å²) in [5.41, 5.74) is 3.05. The summed E-state index contributed by atoms with van der Waals surface area (Å²) >= 11 is 0. The summed E-state index contributed by atoms with van der Waals surface area (Å²) in [6.45, 7) is 7.07. The average molecular weight is 260 g/mol. The molecule has 0 aromatic heterocycles. The van der Waals surface area contributed by atoms with Gasteiger partial charge in [-0.3, -0.25) is 4.79 Å². The maximum Gasteiger partial charge on any atom is 0.251 e. The van der Waals surface area contributed by atoms with Gasteiger partial charge in [0, 0.05) is 12.1 Å². The molecule has 2 N–H and O–H groups in total. The monoisotopic (exact) mass is 260 g/mol. The van der Waals surface area contributed by atoms with Crippen LogP contribution in [0.25, 0.3) is 0 Å². The van der Waals surface area contributed by atoms with Gasteiger partial charge in [0.1, 0.15) is 0 Å². The molecule has 0 aliphatic carbocycles. The number of hydrogen-bond donors (Lipinski definition) is 2. The zero-order valence-electron chi connectivity index (χ0n) is 12.0. The number of carbonyl (C=O) groups is 1. The van der Waals surface area contributed by atoms with E-state index in [9.17, 15) is 4.79 Å². The molecule has 1 heterocycles. The van der Waals surface area contributed by atoms with Crippen LogP contribution in [0.15, 0.2) is 18.2 Å². The molecule has 1 amide bonds. The van der Waals surface area contributed by atoms with Crippen molar-refractivity contribution in [2.24, 2.45) is 5.92 Å². The van der Waals surface area contributed by atoms with Gasteiger partial charge in [0.2, 0.25) is 0 Å². The molecule has 1 saturated heterocycles. The van der Waals surface area contributed by atoms with Crippen LogP contribution in [0.1, 0.15) is 40.7 Å². The fourth-order valence-electron chi connectivity index (χ4n) is 2.72. The van der Waals surface area contributed by atoms with Crippen LogP contribution >= 0.6 is 0 Å². The van der Waals surface area contributed by atoms with Gasteiger partial charge in [-0.2, -0.15) is 0 Å². The molecule has 3 heteroatoms. The van der Waals surface area contributed by atoms with E-state index < -0.39 is 0 Å². The summed E-state index contributed by atoms with van der Waals surface area (Å²) in [5, 5.41) is 6.41. The summed E-state index contributed by atoms with van der Waals surface area (Å²) in [6, 6.07) is 5.97. The van der Waals surface area contributed by atoms with Crippen LogP contribution in [0.5, 0.6) is 0 Å². The number of amides is 1. The zero-order chi connectivity index (χ0) is 13.7. The summed E-state index contributed by atoms with van der Waals surface area (Å²) in [6.07, 6.45) is 3.57. The van der Waals surface area contributed by atoms with Gasteiger partial charge in [-0.05, 0) is 63.7 Å². The Bertz CT molecular complexity index is 436. The molecule has 1 fully saturated rings. The van der Waals surface area contributed by atoms with Crippen LogP contribution in [-0.4, -0.2) is 25.5 Å². The lowest BCUT2D eigenvalue weighted by Crippen LogP contribution is -2.31. The number of piperidine rings is 1. The quantitative estimate of drug-likeness (QED) is 0.873. The van der Waals surface area contributed by atoms with Crippen LogP contribution in [0.4, 0.5) is 0 Å². The van der Waals surface area contributed by atoms with E-state index >= 15 is 0 Å². The van der Waals surface area contributed by atoms with Gasteiger partial charge in [-0.25, -0.2) is 0 Å². The lowest BCUT2D eigenvalue weighted by atomic mass is 9.95. The SMILES string of the molecule is Cc1ccc(C(=O)NCCC2CCNCC2)c(C)c1. The van der Waals surface area contributed by atoms with Gasteiger partial charge in [-0.15, -0.1) is 0 Å². The molecule has 1 aromatic carbocycles. The largest absolute Gasteiger partial charge is 0.352 e. The van der Waals surface area contributed by atoms with Gasteiger partial charge in [-0.1, -0.05) is 17.7 Å². The predicted molar refractivity (Wildman–Crippen MR) is 78.5 cm³/mol. The van der Waals surface area contributed by atoms with Crippen molar-refractivity contribution in [2.45, 2.75) is 33.1 Å². The third-order valence-corrected chi connectivity index (χ3v) is 3.92. The van der Waals surface area contributed by atoms with Crippen molar-refractivity contribution >= 4 is 5.91 Å². The molecule has 3 nitrogen and oxygen atoms in total. The Labute approximate surface area is 115 Å². The van der Waals surface area contributed by atoms with Gasteiger partial charge in [0.15, 0.2) is 0 Å². The molecule has 1 aliphatic rings. The Hall–Kier alpha value is -1.35. The van der Waals surface area contributed by atoms with Crippen molar-refractivity contribution in [1.29, 1.82) is 0 Å². The molecular weight excluding hydrogens is 236 g/mol. The van der Waals surface area contributed by atoms with Crippen molar-refractivity contribution in [3.63, 3.8) is 0 Å². The first-order valence-electron chi connectivity index (χ1n) is 7.23. The van der Waals surface area contributed by atoms with E-state index in [4.69, 9.17) is 0 Å². The maximum absolute atomic E-state index is 12.1. The van der Waals surface area contributed by atoms with Crippen LogP contribution in [-0.2, 0) is 0 Å². The second-order valence-corrected chi connectivity index (χ2v) is 5.56. The number of rotatable bonds is 4. The Morgan fingerprint density at radius 3 is 2.74 bits per heavy atom. The van der Waals surface area contributed by atoms with Crippen molar-refractivity contribution in [3.8, 4) is 0 Å². The maximum atomic E-state index is 12.1. The number of hydrogen-bond acceptors (Lipinski definition) is 2. The fourth-order valence-corrected chi connectivity index (χ4v) is 2.72. The van der Waals surface area contributed by atoms with E-state index in [1.807, 2.05) is 26.0 Å². The molecule has 19 heavy (non-hydrogen) atoms. The molecule has 0 bridgehead atoms. The van der Waals surface area contributed by atoms with Gasteiger partial charge >= 0.3 is 0 Å². The summed E-state index contributed by atoms with van der Waals surface area (Å²) < 4.78 is 0. The average Bonchev–Trinajstić information content (AvgIpc) is 2.39. The molecular formula is C16H24N2O. The van der Waals surface area contributed by atoms with E-state index in [0.29, 0.717) is 0 Å². The first-order valence-corrected chi connectivity index (χ1v) is 7.23. The molecule has 0 atom stereocenters. The Balaban J connectivity index is 1.80. The Morgan fingerprint density at radius 1 is 1.32 bits per heavy atom. The molecule has 2 rings (SSSR count). The minimum absolute atomic E-state index is 0.0615. The molecule has 1 aliphatic heterocycles. The molecule has 0 spiro atoms. The van der Waals surface area contributed by atoms with Crippen molar-refractivity contribution in [1.82, 2.24) is 10.6 Å². The van der Waals surface area contributed by atoms with E-state index in [0.717, 1.165) is 43.1 Å². The van der Waals surface area contributed by atoms with Crippen LogP contribution in [0, 0.1) is 19.8 Å².